The van der Waals surface area contributed by atoms with Gasteiger partial charge in [-0.15, -0.1) is 0 Å². The van der Waals surface area contributed by atoms with Crippen molar-refractivity contribution in [2.45, 2.75) is 13.5 Å². The molecule has 0 aliphatic rings. The molecule has 0 bridgehead atoms. The van der Waals surface area contributed by atoms with E-state index in [1.807, 2.05) is 6.92 Å². The zero-order valence-electron chi connectivity index (χ0n) is 9.31. The molecular weight excluding hydrogens is 206 g/mol. The number of nitrogens with two attached hydrogens (primary N) is 1. The van der Waals surface area contributed by atoms with Crippen LogP contribution in [0.25, 0.3) is 0 Å². The molecule has 0 aliphatic carbocycles. The lowest BCUT2D eigenvalue weighted by atomic mass is 10.2. The molecule has 5 heteroatoms. The fraction of sp³-hybridized carbons (Fsp3) is 0.455. The largest absolute Gasteiger partial charge is 0.396 e. The van der Waals surface area contributed by atoms with E-state index in [0.717, 1.165) is 0 Å². The van der Waals surface area contributed by atoms with E-state index >= 15 is 0 Å². The third kappa shape index (κ3) is 3.60. The Kier molecular flexibility index (Phi) is 4.88. The quantitative estimate of drug-likeness (QED) is 0.650. The molecule has 4 N–H and O–H groups in total. The lowest BCUT2D eigenvalue weighted by Crippen LogP contribution is -2.29. The van der Waals surface area contributed by atoms with E-state index in [-0.39, 0.29) is 18.4 Å². The minimum absolute atomic E-state index is 0.0553. The maximum Gasteiger partial charge on any atom is 0.251 e. The lowest BCUT2D eigenvalue weighted by molar-refractivity contribution is 0.0942. The normalized spacial score (nSPS) is 12.2. The van der Waals surface area contributed by atoms with E-state index in [2.05, 4.69) is 10.3 Å². The van der Waals surface area contributed by atoms with Gasteiger partial charge in [0.05, 0.1) is 5.69 Å². The van der Waals surface area contributed by atoms with Crippen molar-refractivity contribution in [2.75, 3.05) is 13.2 Å². The van der Waals surface area contributed by atoms with E-state index < -0.39 is 0 Å². The summed E-state index contributed by atoms with van der Waals surface area (Å²) in [7, 11) is 0. The molecule has 1 heterocycles. The number of nitrogens with one attached hydrogen (secondary N) is 1. The molecule has 1 atom stereocenters. The predicted molar refractivity (Wildman–Crippen MR) is 60.7 cm³/mol. The van der Waals surface area contributed by atoms with Crippen molar-refractivity contribution in [1.29, 1.82) is 0 Å². The Hall–Kier alpha value is -1.46. The molecule has 16 heavy (non-hydrogen) atoms. The van der Waals surface area contributed by atoms with Gasteiger partial charge in [-0.05, 0) is 18.1 Å². The van der Waals surface area contributed by atoms with Gasteiger partial charge in [0.2, 0.25) is 0 Å². The number of aliphatic hydroxyl groups excluding tert-OH is 1. The second-order valence-corrected chi connectivity index (χ2v) is 3.74. The van der Waals surface area contributed by atoms with E-state index in [4.69, 9.17) is 10.8 Å². The second-order valence-electron chi connectivity index (χ2n) is 3.74. The minimum atomic E-state index is -0.169. The summed E-state index contributed by atoms with van der Waals surface area (Å²) in [4.78, 5) is 15.7. The first-order valence-corrected chi connectivity index (χ1v) is 5.21. The maximum atomic E-state index is 11.7. The first-order valence-electron chi connectivity index (χ1n) is 5.21. The summed E-state index contributed by atoms with van der Waals surface area (Å²) in [5.41, 5.74) is 6.66. The van der Waals surface area contributed by atoms with Crippen LogP contribution in [0.3, 0.4) is 0 Å². The smallest absolute Gasteiger partial charge is 0.251 e. The third-order valence-corrected chi connectivity index (χ3v) is 2.21. The standard InChI is InChI=1S/C11H17N3O2/c1-8(7-15)6-14-11(16)9-2-3-13-10(4-9)5-12/h2-4,8,15H,5-7,12H2,1H3,(H,14,16). The van der Waals surface area contributed by atoms with Crippen LogP contribution in [0.15, 0.2) is 18.3 Å². The molecule has 0 saturated heterocycles. The number of pyridine rings is 1. The number of hydrogen-bond acceptors (Lipinski definition) is 4. The van der Waals surface area contributed by atoms with E-state index in [0.29, 0.717) is 24.3 Å². The Morgan fingerprint density at radius 2 is 2.44 bits per heavy atom. The molecule has 1 unspecified atom stereocenters. The van der Waals surface area contributed by atoms with Crippen molar-refractivity contribution in [1.82, 2.24) is 10.3 Å². The summed E-state index contributed by atoms with van der Waals surface area (Å²) < 4.78 is 0. The topological polar surface area (TPSA) is 88.2 Å². The van der Waals surface area contributed by atoms with Crippen LogP contribution in [0.2, 0.25) is 0 Å². The highest BCUT2D eigenvalue weighted by atomic mass is 16.3. The van der Waals surface area contributed by atoms with Gasteiger partial charge < -0.3 is 16.2 Å². The molecule has 0 radical (unpaired) electrons. The first-order chi connectivity index (χ1) is 7.67. The van der Waals surface area contributed by atoms with Crippen LogP contribution >= 0.6 is 0 Å². The molecular formula is C11H17N3O2. The monoisotopic (exact) mass is 223 g/mol. The Balaban J connectivity index is 2.58. The van der Waals surface area contributed by atoms with Crippen LogP contribution in [0.4, 0.5) is 0 Å². The third-order valence-electron chi connectivity index (χ3n) is 2.21. The van der Waals surface area contributed by atoms with Crippen LogP contribution in [-0.4, -0.2) is 29.1 Å². The van der Waals surface area contributed by atoms with E-state index in [1.54, 1.807) is 18.3 Å². The van der Waals surface area contributed by atoms with Gasteiger partial charge in [-0.25, -0.2) is 0 Å². The number of carbonyl (C=O) groups is 1. The fourth-order valence-electron chi connectivity index (χ4n) is 1.16. The number of aromatic nitrogens is 1. The van der Waals surface area contributed by atoms with Crippen LogP contribution in [0.1, 0.15) is 23.0 Å². The van der Waals surface area contributed by atoms with Gasteiger partial charge in [0.15, 0.2) is 0 Å². The number of carbonyl (C=O) groups excluding carboxylic acids is 1. The Morgan fingerprint density at radius 3 is 3.06 bits per heavy atom. The molecule has 1 aromatic rings. The van der Waals surface area contributed by atoms with Crippen LogP contribution < -0.4 is 11.1 Å². The maximum absolute atomic E-state index is 11.7. The van der Waals surface area contributed by atoms with Gasteiger partial charge >= 0.3 is 0 Å². The van der Waals surface area contributed by atoms with Crippen molar-refractivity contribution in [2.24, 2.45) is 11.7 Å². The fourth-order valence-corrected chi connectivity index (χ4v) is 1.16. The van der Waals surface area contributed by atoms with Crippen molar-refractivity contribution in [3.8, 4) is 0 Å². The van der Waals surface area contributed by atoms with Crippen LogP contribution in [0, 0.1) is 5.92 Å². The molecule has 0 aromatic carbocycles. The Bertz CT molecular complexity index is 355. The lowest BCUT2D eigenvalue weighted by Gasteiger charge is -2.09. The van der Waals surface area contributed by atoms with Gasteiger partial charge in [-0.2, -0.15) is 0 Å². The highest BCUT2D eigenvalue weighted by molar-refractivity contribution is 5.94. The molecule has 0 saturated carbocycles. The zero-order chi connectivity index (χ0) is 12.0. The number of hydrogen-bond donors (Lipinski definition) is 3. The average molecular weight is 223 g/mol. The molecule has 88 valence electrons. The minimum Gasteiger partial charge on any atom is -0.396 e. The van der Waals surface area contributed by atoms with Gasteiger partial charge in [-0.1, -0.05) is 6.92 Å². The molecule has 1 amide bonds. The van der Waals surface area contributed by atoms with Crippen molar-refractivity contribution in [3.63, 3.8) is 0 Å². The van der Waals surface area contributed by atoms with E-state index in [1.165, 1.54) is 0 Å². The summed E-state index contributed by atoms with van der Waals surface area (Å²) in [6.07, 6.45) is 1.56. The average Bonchev–Trinajstić information content (AvgIpc) is 2.35. The summed E-state index contributed by atoms with van der Waals surface area (Å²) in [5.74, 6) is -0.114. The molecule has 5 nitrogen and oxygen atoms in total. The summed E-state index contributed by atoms with van der Waals surface area (Å²) in [6, 6.07) is 3.30. The second kappa shape index (κ2) is 6.19. The van der Waals surface area contributed by atoms with Gasteiger partial charge in [0.1, 0.15) is 0 Å². The highest BCUT2D eigenvalue weighted by Crippen LogP contribution is 2.01. The van der Waals surface area contributed by atoms with Crippen molar-refractivity contribution >= 4 is 5.91 Å². The molecule has 1 rings (SSSR count). The predicted octanol–water partition coefficient (Wildman–Crippen LogP) is -0.102. The molecule has 0 fully saturated rings. The van der Waals surface area contributed by atoms with Gasteiger partial charge in [0.25, 0.3) is 5.91 Å². The van der Waals surface area contributed by atoms with Crippen LogP contribution in [-0.2, 0) is 6.54 Å². The molecule has 0 spiro atoms. The number of rotatable bonds is 5. The zero-order valence-corrected chi connectivity index (χ0v) is 9.31. The van der Waals surface area contributed by atoms with Crippen LogP contribution in [0.5, 0.6) is 0 Å². The van der Waals surface area contributed by atoms with Crippen molar-refractivity contribution < 1.29 is 9.90 Å². The van der Waals surface area contributed by atoms with Gasteiger partial charge in [-0.3, -0.25) is 9.78 Å². The number of aliphatic hydroxyl groups is 1. The Labute approximate surface area is 94.7 Å². The first kappa shape index (κ1) is 12.6. The Morgan fingerprint density at radius 1 is 1.69 bits per heavy atom. The SMILES string of the molecule is CC(CO)CNC(=O)c1ccnc(CN)c1. The summed E-state index contributed by atoms with van der Waals surface area (Å²) >= 11 is 0. The summed E-state index contributed by atoms with van der Waals surface area (Å²) in [6.45, 7) is 2.69. The number of nitrogens with zero attached hydrogens (tertiary/aromatic N) is 1. The number of amides is 1. The summed E-state index contributed by atoms with van der Waals surface area (Å²) in [5, 5.41) is 11.6. The van der Waals surface area contributed by atoms with Gasteiger partial charge in [0, 0.05) is 31.5 Å². The highest BCUT2D eigenvalue weighted by Gasteiger charge is 2.07. The molecule has 0 aliphatic heterocycles. The molecule has 1 aromatic heterocycles. The van der Waals surface area contributed by atoms with E-state index in [9.17, 15) is 4.79 Å². The van der Waals surface area contributed by atoms with Crippen molar-refractivity contribution in [3.05, 3.63) is 29.6 Å².